The highest BCUT2D eigenvalue weighted by atomic mass is 127. The quantitative estimate of drug-likeness (QED) is 0.731. The maximum atomic E-state index is 12.2. The van der Waals surface area contributed by atoms with Gasteiger partial charge in [-0.15, -0.1) is 0 Å². The van der Waals surface area contributed by atoms with E-state index in [1.165, 1.54) is 0 Å². The minimum absolute atomic E-state index is 0.00578. The van der Waals surface area contributed by atoms with Gasteiger partial charge in [0.15, 0.2) is 0 Å². The molecule has 0 aromatic heterocycles. The monoisotopic (exact) mass is 424 g/mol. The maximum Gasteiger partial charge on any atom is 0.231 e. The fraction of sp³-hybridized carbons (Fsp3) is 0.417. The van der Waals surface area contributed by atoms with Gasteiger partial charge in [0.2, 0.25) is 5.91 Å². The second kappa shape index (κ2) is 6.31. The Kier molecular flexibility index (Phi) is 4.99. The third-order valence-corrected chi connectivity index (χ3v) is 4.30. The van der Waals surface area contributed by atoms with Crippen LogP contribution >= 0.6 is 38.5 Å². The third kappa shape index (κ3) is 3.23. The molecule has 0 aliphatic carbocycles. The Labute approximate surface area is 128 Å². The molecule has 1 amide bonds. The van der Waals surface area contributed by atoms with E-state index in [4.69, 9.17) is 4.74 Å². The van der Waals surface area contributed by atoms with Crippen molar-refractivity contribution in [1.82, 2.24) is 5.32 Å². The molecule has 2 N–H and O–H groups in total. The van der Waals surface area contributed by atoms with E-state index < -0.39 is 0 Å². The molecule has 1 fully saturated rings. The predicted octanol–water partition coefficient (Wildman–Crippen LogP) is 2.23. The molecule has 0 bridgehead atoms. The number of amides is 1. The number of rotatable bonds is 3. The Morgan fingerprint density at radius 1 is 1.50 bits per heavy atom. The lowest BCUT2D eigenvalue weighted by molar-refractivity contribution is -0.120. The minimum atomic E-state index is -0.138. The van der Waals surface area contributed by atoms with Gasteiger partial charge in [-0.1, -0.05) is 0 Å². The van der Waals surface area contributed by atoms with Gasteiger partial charge in [0, 0.05) is 14.1 Å². The first-order chi connectivity index (χ1) is 8.61. The first-order valence-corrected chi connectivity index (χ1v) is 7.50. The van der Waals surface area contributed by atoms with Gasteiger partial charge in [-0.3, -0.25) is 4.79 Å². The molecule has 1 saturated heterocycles. The molecule has 4 nitrogen and oxygen atoms in total. The zero-order chi connectivity index (χ0) is 13.1. The van der Waals surface area contributed by atoms with Crippen LogP contribution in [0.3, 0.4) is 0 Å². The highest BCUT2D eigenvalue weighted by molar-refractivity contribution is 14.1. The van der Waals surface area contributed by atoms with Crippen LogP contribution in [-0.4, -0.2) is 32.2 Å². The number of halogens is 2. The summed E-state index contributed by atoms with van der Waals surface area (Å²) in [6.45, 7) is 1.06. The van der Waals surface area contributed by atoms with E-state index in [1.807, 2.05) is 25.2 Å². The summed E-state index contributed by atoms with van der Waals surface area (Å²) in [6, 6.07) is 5.92. The molecule has 98 valence electrons. The molecule has 18 heavy (non-hydrogen) atoms. The number of ether oxygens (including phenoxy) is 1. The van der Waals surface area contributed by atoms with Gasteiger partial charge in [-0.05, 0) is 63.8 Å². The van der Waals surface area contributed by atoms with E-state index in [0.29, 0.717) is 13.2 Å². The number of carbonyl (C=O) groups excluding carboxylic acids is 1. The Bertz CT molecular complexity index is 456. The molecule has 0 spiro atoms. The summed E-state index contributed by atoms with van der Waals surface area (Å²) in [5.74, 6) is -0.144. The second-order valence-corrected chi connectivity index (χ2v) is 6.25. The van der Waals surface area contributed by atoms with Crippen molar-refractivity contribution < 1.29 is 9.53 Å². The maximum absolute atomic E-state index is 12.2. The summed E-state index contributed by atoms with van der Waals surface area (Å²) >= 11 is 5.68. The fourth-order valence-corrected chi connectivity index (χ4v) is 3.31. The van der Waals surface area contributed by atoms with Crippen molar-refractivity contribution in [2.24, 2.45) is 5.92 Å². The van der Waals surface area contributed by atoms with Gasteiger partial charge in [0.05, 0.1) is 24.8 Å². The van der Waals surface area contributed by atoms with Gasteiger partial charge in [-0.2, -0.15) is 0 Å². The smallest absolute Gasteiger partial charge is 0.231 e. The lowest BCUT2D eigenvalue weighted by Gasteiger charge is -2.17. The summed E-state index contributed by atoms with van der Waals surface area (Å²) in [5, 5.41) is 6.04. The van der Waals surface area contributed by atoms with E-state index in [0.717, 1.165) is 13.7 Å². The van der Waals surface area contributed by atoms with Gasteiger partial charge < -0.3 is 15.4 Å². The van der Waals surface area contributed by atoms with Crippen LogP contribution in [0.15, 0.2) is 22.7 Å². The number of anilines is 1. The average molecular weight is 425 g/mol. The Morgan fingerprint density at radius 3 is 2.94 bits per heavy atom. The van der Waals surface area contributed by atoms with E-state index >= 15 is 0 Å². The molecule has 2 atom stereocenters. The second-order valence-electron chi connectivity index (χ2n) is 4.15. The van der Waals surface area contributed by atoms with Crippen molar-refractivity contribution in [2.75, 3.05) is 25.6 Å². The molecule has 2 unspecified atom stereocenters. The predicted molar refractivity (Wildman–Crippen MR) is 82.6 cm³/mol. The van der Waals surface area contributed by atoms with Gasteiger partial charge >= 0.3 is 0 Å². The molecule has 6 heteroatoms. The lowest BCUT2D eigenvalue weighted by Crippen LogP contribution is -2.39. The van der Waals surface area contributed by atoms with Crippen molar-refractivity contribution in [3.8, 4) is 0 Å². The lowest BCUT2D eigenvalue weighted by atomic mass is 10.0. The average Bonchev–Trinajstić information content (AvgIpc) is 2.81. The SMILES string of the molecule is CNC1COCC1C(=O)Nc1ccc(I)cc1Br. The number of carbonyl (C=O) groups is 1. The summed E-state index contributed by atoms with van der Waals surface area (Å²) < 4.78 is 7.34. The largest absolute Gasteiger partial charge is 0.379 e. The third-order valence-electron chi connectivity index (χ3n) is 2.98. The first-order valence-electron chi connectivity index (χ1n) is 5.62. The van der Waals surface area contributed by atoms with Gasteiger partial charge in [0.1, 0.15) is 0 Å². The highest BCUT2D eigenvalue weighted by Crippen LogP contribution is 2.25. The van der Waals surface area contributed by atoms with Gasteiger partial charge in [0.25, 0.3) is 0 Å². The van der Waals surface area contributed by atoms with Gasteiger partial charge in [-0.25, -0.2) is 0 Å². The molecule has 2 rings (SSSR count). The Hall–Kier alpha value is -0.180. The van der Waals surface area contributed by atoms with E-state index in [9.17, 15) is 4.79 Å². The molecule has 0 radical (unpaired) electrons. The molecule has 1 aliphatic heterocycles. The first kappa shape index (κ1) is 14.2. The molecule has 1 heterocycles. The van der Waals surface area contributed by atoms with Crippen LogP contribution in [0, 0.1) is 9.49 Å². The van der Waals surface area contributed by atoms with Crippen molar-refractivity contribution in [2.45, 2.75) is 6.04 Å². The summed E-state index contributed by atoms with van der Waals surface area (Å²) in [4.78, 5) is 12.2. The van der Waals surface area contributed by atoms with Crippen LogP contribution in [0.1, 0.15) is 0 Å². The normalized spacial score (nSPS) is 23.1. The van der Waals surface area contributed by atoms with E-state index in [-0.39, 0.29) is 17.9 Å². The van der Waals surface area contributed by atoms with Crippen LogP contribution in [0.25, 0.3) is 0 Å². The fourth-order valence-electron chi connectivity index (χ4n) is 1.91. The summed E-state index contributed by atoms with van der Waals surface area (Å²) in [5.41, 5.74) is 0.794. The standard InChI is InChI=1S/C12H14BrIN2O2/c1-15-11-6-18-5-8(11)12(17)16-10-3-2-7(14)4-9(10)13/h2-4,8,11,15H,5-6H2,1H3,(H,16,17). The Morgan fingerprint density at radius 2 is 2.28 bits per heavy atom. The van der Waals surface area contributed by atoms with Crippen molar-refractivity contribution in [3.63, 3.8) is 0 Å². The Balaban J connectivity index is 2.07. The van der Waals surface area contributed by atoms with Crippen LogP contribution in [0.2, 0.25) is 0 Å². The van der Waals surface area contributed by atoms with E-state index in [1.54, 1.807) is 0 Å². The number of hydrogen-bond donors (Lipinski definition) is 2. The van der Waals surface area contributed by atoms with Crippen molar-refractivity contribution in [1.29, 1.82) is 0 Å². The summed E-state index contributed by atoms with van der Waals surface area (Å²) in [7, 11) is 1.85. The number of nitrogens with one attached hydrogen (secondary N) is 2. The summed E-state index contributed by atoms with van der Waals surface area (Å²) in [6.07, 6.45) is 0. The van der Waals surface area contributed by atoms with Crippen molar-refractivity contribution in [3.05, 3.63) is 26.2 Å². The zero-order valence-electron chi connectivity index (χ0n) is 9.87. The topological polar surface area (TPSA) is 50.4 Å². The zero-order valence-corrected chi connectivity index (χ0v) is 13.6. The van der Waals surface area contributed by atoms with Crippen LogP contribution in [0.5, 0.6) is 0 Å². The van der Waals surface area contributed by atoms with Crippen LogP contribution in [-0.2, 0) is 9.53 Å². The number of benzene rings is 1. The highest BCUT2D eigenvalue weighted by Gasteiger charge is 2.33. The molecular formula is C12H14BrIN2O2. The van der Waals surface area contributed by atoms with Crippen molar-refractivity contribution >= 4 is 50.1 Å². The minimum Gasteiger partial charge on any atom is -0.379 e. The molecule has 1 aliphatic rings. The van der Waals surface area contributed by atoms with E-state index in [2.05, 4.69) is 49.2 Å². The van der Waals surface area contributed by atoms with Crippen LogP contribution < -0.4 is 10.6 Å². The molecule has 0 saturated carbocycles. The number of hydrogen-bond acceptors (Lipinski definition) is 3. The molecule has 1 aromatic rings. The number of likely N-dealkylation sites (N-methyl/N-ethyl adjacent to an activating group) is 1. The molecular weight excluding hydrogens is 411 g/mol. The molecule has 1 aromatic carbocycles. The van der Waals surface area contributed by atoms with Crippen LogP contribution in [0.4, 0.5) is 5.69 Å².